The van der Waals surface area contributed by atoms with Crippen molar-refractivity contribution in [2.75, 3.05) is 5.75 Å². The monoisotopic (exact) mass is 534 g/mol. The average Bonchev–Trinajstić information content (AvgIpc) is 3.31. The summed E-state index contributed by atoms with van der Waals surface area (Å²) in [7, 11) is 0. The number of benzene rings is 4. The quantitative estimate of drug-likeness (QED) is 0.130. The molecule has 4 aromatic carbocycles. The first-order chi connectivity index (χ1) is 17.6. The summed E-state index contributed by atoms with van der Waals surface area (Å²) < 4.78 is 6.10. The fraction of sp³-hybridized carbons (Fsp3) is 0.0741. The highest BCUT2D eigenvalue weighted by Gasteiger charge is 2.11. The number of amides is 1. The van der Waals surface area contributed by atoms with Crippen LogP contribution in [0.3, 0.4) is 0 Å². The number of carbonyl (C=O) groups excluding carboxylic acids is 1. The van der Waals surface area contributed by atoms with E-state index in [-0.39, 0.29) is 18.3 Å². The van der Waals surface area contributed by atoms with E-state index in [9.17, 15) is 4.79 Å². The molecule has 36 heavy (non-hydrogen) atoms. The predicted octanol–water partition coefficient (Wildman–Crippen LogP) is 6.84. The maximum absolute atomic E-state index is 12.4. The van der Waals surface area contributed by atoms with Gasteiger partial charge in [0.05, 0.1) is 23.0 Å². The summed E-state index contributed by atoms with van der Waals surface area (Å²) in [5.41, 5.74) is 5.82. The fourth-order valence-corrected chi connectivity index (χ4v) is 4.87. The van der Waals surface area contributed by atoms with Crippen molar-refractivity contribution in [3.05, 3.63) is 100 Å². The zero-order valence-corrected chi connectivity index (χ0v) is 21.2. The van der Waals surface area contributed by atoms with Crippen LogP contribution >= 0.6 is 35.0 Å². The number of hydrogen-bond acceptors (Lipinski definition) is 5. The number of nitrogens with zero attached hydrogens (tertiary/aromatic N) is 2. The summed E-state index contributed by atoms with van der Waals surface area (Å²) in [6.45, 7) is 0.193. The molecular weight excluding hydrogens is 515 g/mol. The van der Waals surface area contributed by atoms with E-state index in [1.807, 2.05) is 60.7 Å². The molecule has 1 amide bonds. The molecule has 9 heteroatoms. The predicted molar refractivity (Wildman–Crippen MR) is 147 cm³/mol. The molecule has 6 nitrogen and oxygen atoms in total. The minimum absolute atomic E-state index is 0.168. The molecule has 0 aliphatic heterocycles. The maximum atomic E-state index is 12.4. The average molecular weight is 535 g/mol. The second kappa shape index (κ2) is 11.0. The lowest BCUT2D eigenvalue weighted by Gasteiger charge is -2.13. The molecule has 0 spiro atoms. The van der Waals surface area contributed by atoms with Gasteiger partial charge in [-0.25, -0.2) is 10.4 Å². The number of aromatic amines is 1. The smallest absolute Gasteiger partial charge is 0.250 e. The first-order valence-electron chi connectivity index (χ1n) is 11.1. The molecule has 180 valence electrons. The highest BCUT2D eigenvalue weighted by Crippen LogP contribution is 2.30. The number of nitrogens with one attached hydrogen (secondary N) is 2. The number of aromatic nitrogens is 2. The van der Waals surface area contributed by atoms with Gasteiger partial charge in [0, 0.05) is 21.2 Å². The van der Waals surface area contributed by atoms with Crippen LogP contribution in [0.1, 0.15) is 11.1 Å². The number of ether oxygens (including phenoxy) is 1. The minimum Gasteiger partial charge on any atom is -0.488 e. The van der Waals surface area contributed by atoms with Gasteiger partial charge in [-0.15, -0.1) is 0 Å². The Balaban J connectivity index is 1.29. The molecule has 0 atom stereocenters. The Kier molecular flexibility index (Phi) is 7.41. The Hall–Kier alpha value is -3.52. The van der Waals surface area contributed by atoms with Crippen molar-refractivity contribution in [2.45, 2.75) is 11.8 Å². The highest BCUT2D eigenvalue weighted by molar-refractivity contribution is 7.99. The van der Waals surface area contributed by atoms with E-state index >= 15 is 0 Å². The number of thioether (sulfide) groups is 1. The molecule has 0 saturated heterocycles. The molecule has 1 aromatic heterocycles. The summed E-state index contributed by atoms with van der Waals surface area (Å²) in [5, 5.41) is 7.91. The molecule has 5 rings (SSSR count). The van der Waals surface area contributed by atoms with E-state index in [0.717, 1.165) is 27.4 Å². The molecule has 5 aromatic rings. The van der Waals surface area contributed by atoms with E-state index in [1.165, 1.54) is 11.8 Å². The molecule has 0 aliphatic carbocycles. The lowest BCUT2D eigenvalue weighted by atomic mass is 10.0. The summed E-state index contributed by atoms with van der Waals surface area (Å²) in [6, 6.07) is 24.8. The number of H-pyrrole nitrogens is 1. The second-order valence-corrected chi connectivity index (χ2v) is 9.61. The van der Waals surface area contributed by atoms with Gasteiger partial charge in [-0.1, -0.05) is 83.5 Å². The van der Waals surface area contributed by atoms with E-state index in [0.29, 0.717) is 26.5 Å². The number of imidazole rings is 1. The van der Waals surface area contributed by atoms with Crippen molar-refractivity contribution in [1.82, 2.24) is 15.4 Å². The number of fused-ring (bicyclic) bond motifs is 2. The molecule has 0 fully saturated rings. The Morgan fingerprint density at radius 2 is 1.78 bits per heavy atom. The lowest BCUT2D eigenvalue weighted by molar-refractivity contribution is -0.118. The first kappa shape index (κ1) is 24.2. The van der Waals surface area contributed by atoms with E-state index in [4.69, 9.17) is 27.9 Å². The van der Waals surface area contributed by atoms with Crippen molar-refractivity contribution in [1.29, 1.82) is 0 Å². The van der Waals surface area contributed by atoms with Crippen LogP contribution in [0.15, 0.2) is 89.1 Å². The normalized spacial score (nSPS) is 11.4. The first-order valence-corrected chi connectivity index (χ1v) is 12.8. The number of rotatable bonds is 8. The van der Waals surface area contributed by atoms with Crippen LogP contribution in [0.5, 0.6) is 5.75 Å². The summed E-state index contributed by atoms with van der Waals surface area (Å²) >= 11 is 13.9. The third-order valence-electron chi connectivity index (χ3n) is 5.45. The van der Waals surface area contributed by atoms with Crippen molar-refractivity contribution >= 4 is 68.9 Å². The van der Waals surface area contributed by atoms with Crippen molar-refractivity contribution < 1.29 is 9.53 Å². The van der Waals surface area contributed by atoms with Gasteiger partial charge in [-0.3, -0.25) is 4.79 Å². The Morgan fingerprint density at radius 1 is 1.00 bits per heavy atom. The summed E-state index contributed by atoms with van der Waals surface area (Å²) in [6.07, 6.45) is 1.59. The zero-order chi connectivity index (χ0) is 24.9. The molecule has 0 saturated carbocycles. The third kappa shape index (κ3) is 5.49. The number of para-hydroxylation sites is 2. The molecule has 0 bridgehead atoms. The van der Waals surface area contributed by atoms with Gasteiger partial charge in [0.1, 0.15) is 12.4 Å². The van der Waals surface area contributed by atoms with Gasteiger partial charge < -0.3 is 9.72 Å². The van der Waals surface area contributed by atoms with Gasteiger partial charge in [0.2, 0.25) is 0 Å². The van der Waals surface area contributed by atoms with Crippen LogP contribution in [0.4, 0.5) is 0 Å². The molecular formula is C27H20Cl2N4O2S. The van der Waals surface area contributed by atoms with E-state index in [2.05, 4.69) is 20.5 Å². The molecule has 0 aliphatic rings. The Labute approximate surface area is 221 Å². The van der Waals surface area contributed by atoms with Crippen LogP contribution in [-0.2, 0) is 11.4 Å². The summed E-state index contributed by atoms with van der Waals surface area (Å²) in [4.78, 5) is 20.1. The highest BCUT2D eigenvalue weighted by atomic mass is 35.5. The number of halogens is 2. The van der Waals surface area contributed by atoms with Gasteiger partial charge in [-0.05, 0) is 41.1 Å². The standard InChI is InChI=1S/C27H20Cl2N4O2S/c28-21-8-5-9-22(29)20(21)15-35-25-13-12-17-6-1-2-7-18(17)19(25)14-30-33-26(34)16-36-27-31-23-10-3-4-11-24(23)32-27/h1-14H,15-16H2,(H,31,32)(H,33,34)/b30-14+. The Morgan fingerprint density at radius 3 is 2.61 bits per heavy atom. The third-order valence-corrected chi connectivity index (χ3v) is 7.04. The lowest BCUT2D eigenvalue weighted by Crippen LogP contribution is -2.19. The molecule has 1 heterocycles. The molecule has 2 N–H and O–H groups in total. The number of carbonyl (C=O) groups is 1. The van der Waals surface area contributed by atoms with Crippen LogP contribution < -0.4 is 10.2 Å². The summed E-state index contributed by atoms with van der Waals surface area (Å²) in [5.74, 6) is 0.516. The van der Waals surface area contributed by atoms with Gasteiger partial charge >= 0.3 is 0 Å². The van der Waals surface area contributed by atoms with Gasteiger partial charge in [0.15, 0.2) is 5.16 Å². The molecule has 0 unspecified atom stereocenters. The SMILES string of the molecule is O=C(CSc1nc2ccccc2[nH]1)N/N=C/c1c(OCc2c(Cl)cccc2Cl)ccc2ccccc12. The van der Waals surface area contributed by atoms with Crippen LogP contribution in [0.2, 0.25) is 10.0 Å². The Bertz CT molecular complexity index is 1530. The van der Waals surface area contributed by atoms with Gasteiger partial charge in [0.25, 0.3) is 5.91 Å². The van der Waals surface area contributed by atoms with Crippen LogP contribution in [-0.4, -0.2) is 27.8 Å². The number of hydrogen-bond donors (Lipinski definition) is 2. The van der Waals surface area contributed by atoms with Crippen LogP contribution in [0.25, 0.3) is 21.8 Å². The van der Waals surface area contributed by atoms with Crippen molar-refractivity contribution in [3.63, 3.8) is 0 Å². The van der Waals surface area contributed by atoms with Crippen molar-refractivity contribution in [2.24, 2.45) is 5.10 Å². The second-order valence-electron chi connectivity index (χ2n) is 7.83. The minimum atomic E-state index is -0.248. The van der Waals surface area contributed by atoms with E-state index < -0.39 is 0 Å². The largest absolute Gasteiger partial charge is 0.488 e. The molecule has 0 radical (unpaired) electrons. The zero-order valence-electron chi connectivity index (χ0n) is 18.9. The van der Waals surface area contributed by atoms with Gasteiger partial charge in [-0.2, -0.15) is 5.10 Å². The fourth-order valence-electron chi connectivity index (χ4n) is 3.69. The van der Waals surface area contributed by atoms with Crippen molar-refractivity contribution in [3.8, 4) is 5.75 Å². The number of hydrazone groups is 1. The maximum Gasteiger partial charge on any atom is 0.250 e. The topological polar surface area (TPSA) is 79.4 Å². The van der Waals surface area contributed by atoms with Crippen LogP contribution in [0, 0.1) is 0 Å². The van der Waals surface area contributed by atoms with E-state index in [1.54, 1.807) is 24.4 Å².